The van der Waals surface area contributed by atoms with Crippen molar-refractivity contribution in [2.45, 2.75) is 49.4 Å². The molecule has 8 nitrogen and oxygen atoms in total. The van der Waals surface area contributed by atoms with Crippen molar-refractivity contribution in [1.29, 1.82) is 0 Å². The average Bonchev–Trinajstić information content (AvgIpc) is 2.10. The van der Waals surface area contributed by atoms with Gasteiger partial charge in [0.25, 0.3) is 0 Å². The molecule has 2 radical (unpaired) electrons. The van der Waals surface area contributed by atoms with Crippen molar-refractivity contribution < 1.29 is 35.0 Å². The minimum Gasteiger partial charge on any atom is -0.264 e. The van der Waals surface area contributed by atoms with Crippen LogP contribution in [0, 0.1) is 11.8 Å². The van der Waals surface area contributed by atoms with Gasteiger partial charge in [-0.25, -0.2) is 0 Å². The summed E-state index contributed by atoms with van der Waals surface area (Å²) >= 11 is 0.0759. The summed E-state index contributed by atoms with van der Waals surface area (Å²) in [5.41, 5.74) is 0. The molecule has 0 amide bonds. The fraction of sp³-hybridized carbons (Fsp3) is 1.00. The molecule has 0 heterocycles. The number of hydrogen-bond donors (Lipinski definition) is 4. The summed E-state index contributed by atoms with van der Waals surface area (Å²) in [6, 6.07) is 0. The zero-order valence-corrected chi connectivity index (χ0v) is 17.2. The van der Waals surface area contributed by atoms with Crippen molar-refractivity contribution in [3.05, 3.63) is 0 Å². The van der Waals surface area contributed by atoms with Crippen LogP contribution in [0.5, 0.6) is 0 Å². The molecule has 0 atom stereocenters. The second kappa shape index (κ2) is 14.2. The van der Waals surface area contributed by atoms with E-state index in [1.807, 2.05) is 0 Å². The molecule has 130 valence electrons. The van der Waals surface area contributed by atoms with Gasteiger partial charge < -0.3 is 0 Å². The third kappa shape index (κ3) is 96.8. The van der Waals surface area contributed by atoms with Crippen LogP contribution in [-0.4, -0.2) is 56.2 Å². The van der Waals surface area contributed by atoms with Crippen molar-refractivity contribution in [1.82, 2.24) is 0 Å². The zero-order chi connectivity index (χ0) is 17.7. The molecule has 0 rings (SSSR count). The predicted octanol–water partition coefficient (Wildman–Crippen LogP) is 2.31. The van der Waals surface area contributed by atoms with Gasteiger partial charge in [0.05, 0.1) is 0 Å². The summed E-state index contributed by atoms with van der Waals surface area (Å²) in [5, 5.41) is 0. The van der Waals surface area contributed by atoms with Crippen LogP contribution in [0.3, 0.4) is 0 Å². The zero-order valence-electron chi connectivity index (χ0n) is 12.7. The summed E-state index contributed by atoms with van der Waals surface area (Å²) in [5.74, 6) is 1.88. The molecule has 0 spiro atoms. The topological polar surface area (TPSA) is 149 Å². The molecular weight excluding hydrogens is 431 g/mol. The van der Waals surface area contributed by atoms with Crippen LogP contribution in [0.15, 0.2) is 0 Å². The van der Waals surface area contributed by atoms with Crippen molar-refractivity contribution in [2.24, 2.45) is 11.8 Å². The van der Waals surface area contributed by atoms with Crippen LogP contribution in [-0.2, 0) is 20.8 Å². The van der Waals surface area contributed by atoms with Gasteiger partial charge in [0.15, 0.2) is 0 Å². The normalized spacial score (nSPS) is 11.5. The molecule has 0 fully saturated rings. The molecule has 0 aliphatic carbocycles. The Kier molecular flexibility index (Phi) is 17.8. The van der Waals surface area contributed by atoms with Gasteiger partial charge in [0.1, 0.15) is 0 Å². The third-order valence-electron chi connectivity index (χ3n) is 1.80. The van der Waals surface area contributed by atoms with Crippen molar-refractivity contribution in [3.63, 3.8) is 0 Å². The van der Waals surface area contributed by atoms with E-state index in [-0.39, 0.29) is 21.1 Å². The van der Waals surface area contributed by atoms with Crippen molar-refractivity contribution >= 4 is 41.9 Å². The van der Waals surface area contributed by atoms with Crippen LogP contribution in [0.2, 0.25) is 8.87 Å². The Bertz CT molecular complexity index is 360. The minimum atomic E-state index is -4.67. The second-order valence-electron chi connectivity index (χ2n) is 5.01. The molecule has 0 aliphatic rings. The third-order valence-corrected chi connectivity index (χ3v) is 5.46. The number of hydrogen-bond acceptors (Lipinski definition) is 4. The molecule has 0 unspecified atom stereocenters. The Balaban J connectivity index is -0.000000270. The number of rotatable bonds is 6. The van der Waals surface area contributed by atoms with E-state index in [9.17, 15) is 0 Å². The molecule has 0 aromatic carbocycles. The Morgan fingerprint density at radius 3 is 1.05 bits per heavy atom. The van der Waals surface area contributed by atoms with E-state index in [1.54, 1.807) is 8.87 Å². The Hall–Kier alpha value is 0.539. The first kappa shape index (κ1) is 26.4. The van der Waals surface area contributed by atoms with Crippen LogP contribution in [0.1, 0.15) is 40.5 Å². The molecule has 0 aromatic heterocycles. The van der Waals surface area contributed by atoms with E-state index in [2.05, 4.69) is 27.7 Å². The van der Waals surface area contributed by atoms with Crippen molar-refractivity contribution in [2.75, 3.05) is 0 Å². The summed E-state index contributed by atoms with van der Waals surface area (Å²) in [6.45, 7) is 9.34. The molecular formula is C10H26O8S2Sn. The minimum absolute atomic E-state index is 0.0759. The van der Waals surface area contributed by atoms with Crippen LogP contribution in [0.25, 0.3) is 0 Å². The molecule has 0 saturated heterocycles. The molecule has 11 heteroatoms. The maximum Gasteiger partial charge on any atom is 0.394 e. The Labute approximate surface area is 138 Å². The van der Waals surface area contributed by atoms with Gasteiger partial charge in [0.2, 0.25) is 0 Å². The Morgan fingerprint density at radius 2 is 0.905 bits per heavy atom. The molecule has 21 heavy (non-hydrogen) atoms. The fourth-order valence-corrected chi connectivity index (χ4v) is 6.08. The molecule has 4 N–H and O–H groups in total. The van der Waals surface area contributed by atoms with Gasteiger partial charge in [-0.2, -0.15) is 16.8 Å². The van der Waals surface area contributed by atoms with E-state index in [0.29, 0.717) is 0 Å². The van der Waals surface area contributed by atoms with E-state index in [0.717, 1.165) is 11.8 Å². The summed E-state index contributed by atoms with van der Waals surface area (Å²) in [7, 11) is -9.33. The van der Waals surface area contributed by atoms with Gasteiger partial charge in [-0.15, -0.1) is 0 Å². The van der Waals surface area contributed by atoms with E-state index < -0.39 is 20.8 Å². The van der Waals surface area contributed by atoms with E-state index in [4.69, 9.17) is 35.0 Å². The smallest absolute Gasteiger partial charge is 0.264 e. The van der Waals surface area contributed by atoms with Crippen LogP contribution < -0.4 is 0 Å². The van der Waals surface area contributed by atoms with Gasteiger partial charge in [-0.3, -0.25) is 18.2 Å². The maximum atomic E-state index is 8.74. The van der Waals surface area contributed by atoms with Gasteiger partial charge in [-0.05, 0) is 0 Å². The first-order valence-corrected chi connectivity index (χ1v) is 13.1. The monoisotopic (exact) mass is 458 g/mol. The standard InChI is InChI=1S/2C5H11.2H2O4S.Sn/c2*1-4-5(2)3;2*1-5(2,3)4;/h2*5H,1,4H2,2-3H3;2*(H2,1,2,3,4);. The second-order valence-corrected chi connectivity index (χ2v) is 11.1. The largest absolute Gasteiger partial charge is 0.394 e. The Morgan fingerprint density at radius 1 is 0.714 bits per heavy atom. The summed E-state index contributed by atoms with van der Waals surface area (Å²) in [6.07, 6.45) is 2.98. The van der Waals surface area contributed by atoms with E-state index >= 15 is 0 Å². The molecule has 0 saturated carbocycles. The molecule has 0 bridgehead atoms. The van der Waals surface area contributed by atoms with E-state index in [1.165, 1.54) is 12.8 Å². The molecule has 0 aliphatic heterocycles. The van der Waals surface area contributed by atoms with Crippen molar-refractivity contribution in [3.8, 4) is 0 Å². The average molecular weight is 457 g/mol. The van der Waals surface area contributed by atoms with Gasteiger partial charge in [0, 0.05) is 0 Å². The summed E-state index contributed by atoms with van der Waals surface area (Å²) < 4.78 is 66.4. The van der Waals surface area contributed by atoms with Crippen LogP contribution >= 0.6 is 0 Å². The SMILES string of the molecule is CC(C)C[CH2][Sn][CH2]CC(C)C.O=S(=O)(O)O.O=S(=O)(O)O. The molecule has 0 aromatic rings. The quantitative estimate of drug-likeness (QED) is 0.270. The first-order valence-electron chi connectivity index (χ1n) is 6.23. The van der Waals surface area contributed by atoms with Gasteiger partial charge in [-0.1, -0.05) is 0 Å². The maximum absolute atomic E-state index is 8.74. The first-order chi connectivity index (χ1) is 9.13. The van der Waals surface area contributed by atoms with Gasteiger partial charge >= 0.3 is 103 Å². The van der Waals surface area contributed by atoms with Crippen LogP contribution in [0.4, 0.5) is 0 Å². The fourth-order valence-electron chi connectivity index (χ4n) is 0.906. The predicted molar refractivity (Wildman–Crippen MR) is 82.6 cm³/mol. The summed E-state index contributed by atoms with van der Waals surface area (Å²) in [4.78, 5) is 0.